The molecule has 0 aliphatic heterocycles. The number of methoxy groups -OCH3 is 1. The number of hydrogen-bond donors (Lipinski definition) is 1. The molecule has 1 rings (SSSR count). The van der Waals surface area contributed by atoms with Gasteiger partial charge in [-0.3, -0.25) is 0 Å². The maximum atomic E-state index is 12.5. The lowest BCUT2D eigenvalue weighted by atomic mass is 10.3. The van der Waals surface area contributed by atoms with Crippen molar-refractivity contribution in [3.63, 3.8) is 0 Å². The molecule has 0 aliphatic rings. The van der Waals surface area contributed by atoms with Gasteiger partial charge in [0.2, 0.25) is 10.0 Å². The highest BCUT2D eigenvalue weighted by molar-refractivity contribution is 7.89. The van der Waals surface area contributed by atoms with Crippen LogP contribution >= 0.6 is 0 Å². The van der Waals surface area contributed by atoms with Crippen molar-refractivity contribution in [2.45, 2.75) is 11.7 Å². The second-order valence-electron chi connectivity index (χ2n) is 3.19. The molecule has 0 radical (unpaired) electrons. The molecular weight excluding hydrogens is 237 g/mol. The number of ether oxygens (including phenoxy) is 1. The standard InChI is InChI=1S/C8H12FN3O3S/c1-15-5-7(16(10,13)14)2-8-11-3-6(9)4-12-8/h3-4,7H,2,5H2,1H3,(H2,10,13,14)/t7-/m1/s1. The zero-order chi connectivity index (χ0) is 12.2. The summed E-state index contributed by atoms with van der Waals surface area (Å²) in [7, 11) is -2.37. The summed E-state index contributed by atoms with van der Waals surface area (Å²) in [6.07, 6.45) is 1.93. The van der Waals surface area contributed by atoms with Crippen LogP contribution in [0.15, 0.2) is 12.4 Å². The van der Waals surface area contributed by atoms with Crippen molar-refractivity contribution < 1.29 is 17.5 Å². The third kappa shape index (κ3) is 3.80. The summed E-state index contributed by atoms with van der Waals surface area (Å²) in [6, 6.07) is 0. The summed E-state index contributed by atoms with van der Waals surface area (Å²) in [5, 5.41) is 4.08. The molecule has 0 spiro atoms. The molecule has 0 bridgehead atoms. The Labute approximate surface area is 92.7 Å². The first-order valence-electron chi connectivity index (χ1n) is 4.40. The SMILES string of the molecule is COC[C@@H](Cc1ncc(F)cn1)S(N)(=O)=O. The van der Waals surface area contributed by atoms with Gasteiger partial charge in [0, 0.05) is 13.5 Å². The van der Waals surface area contributed by atoms with Crippen LogP contribution in [0.1, 0.15) is 5.82 Å². The van der Waals surface area contributed by atoms with E-state index < -0.39 is 21.1 Å². The van der Waals surface area contributed by atoms with Crippen molar-refractivity contribution in [2.24, 2.45) is 5.14 Å². The average molecular weight is 249 g/mol. The normalized spacial score (nSPS) is 13.7. The Kier molecular flexibility index (Phi) is 4.27. The first-order valence-corrected chi connectivity index (χ1v) is 6.01. The molecule has 8 heteroatoms. The molecular formula is C8H12FN3O3S. The molecule has 0 saturated heterocycles. The molecule has 0 aromatic carbocycles. The van der Waals surface area contributed by atoms with Gasteiger partial charge in [-0.25, -0.2) is 27.9 Å². The number of halogens is 1. The predicted molar refractivity (Wildman–Crippen MR) is 54.5 cm³/mol. The molecule has 90 valence electrons. The summed E-state index contributed by atoms with van der Waals surface area (Å²) < 4.78 is 39.6. The van der Waals surface area contributed by atoms with Crippen LogP contribution in [-0.4, -0.2) is 37.4 Å². The van der Waals surface area contributed by atoms with Gasteiger partial charge in [-0.05, 0) is 0 Å². The molecule has 1 atom stereocenters. The first kappa shape index (κ1) is 12.9. The minimum Gasteiger partial charge on any atom is -0.383 e. The number of hydrogen-bond acceptors (Lipinski definition) is 5. The highest BCUT2D eigenvalue weighted by Gasteiger charge is 2.23. The van der Waals surface area contributed by atoms with E-state index >= 15 is 0 Å². The van der Waals surface area contributed by atoms with Gasteiger partial charge in [0.1, 0.15) is 11.1 Å². The summed E-state index contributed by atoms with van der Waals surface area (Å²) >= 11 is 0. The molecule has 2 N–H and O–H groups in total. The monoisotopic (exact) mass is 249 g/mol. The molecule has 1 aromatic heterocycles. The zero-order valence-electron chi connectivity index (χ0n) is 8.63. The lowest BCUT2D eigenvalue weighted by Crippen LogP contribution is -2.34. The molecule has 1 heterocycles. The van der Waals surface area contributed by atoms with E-state index in [1.165, 1.54) is 7.11 Å². The highest BCUT2D eigenvalue weighted by Crippen LogP contribution is 2.05. The van der Waals surface area contributed by atoms with Crippen LogP contribution in [-0.2, 0) is 21.2 Å². The van der Waals surface area contributed by atoms with E-state index in [1.54, 1.807) is 0 Å². The Balaban J connectivity index is 2.80. The number of sulfonamides is 1. The van der Waals surface area contributed by atoms with Gasteiger partial charge in [0.15, 0.2) is 5.82 Å². The van der Waals surface area contributed by atoms with Crippen molar-refractivity contribution >= 4 is 10.0 Å². The molecule has 0 saturated carbocycles. The van der Waals surface area contributed by atoms with Gasteiger partial charge in [0.25, 0.3) is 0 Å². The third-order valence-electron chi connectivity index (χ3n) is 1.90. The van der Waals surface area contributed by atoms with Crippen LogP contribution in [0.25, 0.3) is 0 Å². The molecule has 16 heavy (non-hydrogen) atoms. The summed E-state index contributed by atoms with van der Waals surface area (Å²) in [5.74, 6) is -0.375. The van der Waals surface area contributed by atoms with E-state index in [0.29, 0.717) is 0 Å². The summed E-state index contributed by atoms with van der Waals surface area (Å²) in [5.41, 5.74) is 0. The van der Waals surface area contributed by atoms with E-state index in [9.17, 15) is 12.8 Å². The second kappa shape index (κ2) is 5.28. The van der Waals surface area contributed by atoms with Crippen LogP contribution in [0, 0.1) is 5.82 Å². The van der Waals surface area contributed by atoms with Crippen molar-refractivity contribution in [3.8, 4) is 0 Å². The highest BCUT2D eigenvalue weighted by atomic mass is 32.2. The smallest absolute Gasteiger partial charge is 0.214 e. The fourth-order valence-corrected chi connectivity index (χ4v) is 1.81. The average Bonchev–Trinajstić information content (AvgIpc) is 2.19. The van der Waals surface area contributed by atoms with Gasteiger partial charge in [-0.1, -0.05) is 0 Å². The molecule has 0 unspecified atom stereocenters. The fraction of sp³-hybridized carbons (Fsp3) is 0.500. The number of nitrogens with zero attached hydrogens (tertiary/aromatic N) is 2. The van der Waals surface area contributed by atoms with Crippen LogP contribution < -0.4 is 5.14 Å². The molecule has 0 amide bonds. The minimum atomic E-state index is -3.73. The molecule has 0 fully saturated rings. The summed E-state index contributed by atoms with van der Waals surface area (Å²) in [4.78, 5) is 7.30. The maximum absolute atomic E-state index is 12.5. The fourth-order valence-electron chi connectivity index (χ4n) is 1.10. The minimum absolute atomic E-state index is 0.00699. The zero-order valence-corrected chi connectivity index (χ0v) is 9.45. The topological polar surface area (TPSA) is 95.2 Å². The van der Waals surface area contributed by atoms with E-state index in [4.69, 9.17) is 9.88 Å². The Morgan fingerprint density at radius 1 is 1.50 bits per heavy atom. The van der Waals surface area contributed by atoms with Crippen LogP contribution in [0.2, 0.25) is 0 Å². The van der Waals surface area contributed by atoms with Crippen LogP contribution in [0.3, 0.4) is 0 Å². The van der Waals surface area contributed by atoms with E-state index in [0.717, 1.165) is 12.4 Å². The van der Waals surface area contributed by atoms with E-state index in [1.807, 2.05) is 0 Å². The Morgan fingerprint density at radius 3 is 2.50 bits per heavy atom. The third-order valence-corrected chi connectivity index (χ3v) is 3.13. The second-order valence-corrected chi connectivity index (χ2v) is 5.03. The van der Waals surface area contributed by atoms with Gasteiger partial charge in [0.05, 0.1) is 19.0 Å². The van der Waals surface area contributed by atoms with Crippen molar-refractivity contribution in [1.29, 1.82) is 0 Å². The Morgan fingerprint density at radius 2 is 2.06 bits per heavy atom. The Hall–Kier alpha value is -1.12. The molecule has 6 nitrogen and oxygen atoms in total. The predicted octanol–water partition coefficient (Wildman–Crippen LogP) is -0.538. The first-order chi connectivity index (χ1) is 7.43. The Bertz CT molecular complexity index is 434. The van der Waals surface area contributed by atoms with Gasteiger partial charge < -0.3 is 4.74 Å². The van der Waals surface area contributed by atoms with Crippen molar-refractivity contribution in [3.05, 3.63) is 24.0 Å². The van der Waals surface area contributed by atoms with Crippen LogP contribution in [0.5, 0.6) is 0 Å². The summed E-state index contributed by atoms with van der Waals surface area (Å²) in [6.45, 7) is -0.0560. The number of primary sulfonamides is 1. The number of aromatic nitrogens is 2. The van der Waals surface area contributed by atoms with Crippen molar-refractivity contribution in [2.75, 3.05) is 13.7 Å². The van der Waals surface area contributed by atoms with Crippen LogP contribution in [0.4, 0.5) is 4.39 Å². The van der Waals surface area contributed by atoms with E-state index in [-0.39, 0.29) is 18.9 Å². The number of nitrogens with two attached hydrogens (primary N) is 1. The van der Waals surface area contributed by atoms with Crippen molar-refractivity contribution in [1.82, 2.24) is 9.97 Å². The van der Waals surface area contributed by atoms with Gasteiger partial charge in [-0.15, -0.1) is 0 Å². The van der Waals surface area contributed by atoms with E-state index in [2.05, 4.69) is 9.97 Å². The lowest BCUT2D eigenvalue weighted by molar-refractivity contribution is 0.196. The molecule has 1 aromatic rings. The quantitative estimate of drug-likeness (QED) is 0.756. The largest absolute Gasteiger partial charge is 0.383 e. The van der Waals surface area contributed by atoms with Gasteiger partial charge >= 0.3 is 0 Å². The lowest BCUT2D eigenvalue weighted by Gasteiger charge is -2.12. The number of rotatable bonds is 5. The maximum Gasteiger partial charge on any atom is 0.214 e. The van der Waals surface area contributed by atoms with Gasteiger partial charge in [-0.2, -0.15) is 0 Å². The molecule has 0 aliphatic carbocycles.